The summed E-state index contributed by atoms with van der Waals surface area (Å²) >= 11 is 0. The first-order valence-corrected chi connectivity index (χ1v) is 7.66. The largest absolute Gasteiger partial charge is 0.507 e. The van der Waals surface area contributed by atoms with Gasteiger partial charge in [-0.2, -0.15) is 0 Å². The highest BCUT2D eigenvalue weighted by Crippen LogP contribution is 2.23. The molecule has 0 spiro atoms. The van der Waals surface area contributed by atoms with Gasteiger partial charge in [0.05, 0.1) is 18.9 Å². The molecule has 0 saturated carbocycles. The molecule has 0 amide bonds. The van der Waals surface area contributed by atoms with Crippen LogP contribution in [0.5, 0.6) is 5.75 Å². The zero-order valence-corrected chi connectivity index (χ0v) is 13.1. The molecule has 2 N–H and O–H groups in total. The molecule has 1 fully saturated rings. The minimum Gasteiger partial charge on any atom is -0.507 e. The van der Waals surface area contributed by atoms with Crippen molar-refractivity contribution in [3.63, 3.8) is 0 Å². The summed E-state index contributed by atoms with van der Waals surface area (Å²) in [6.45, 7) is 3.27. The van der Waals surface area contributed by atoms with Crippen molar-refractivity contribution in [1.29, 1.82) is 0 Å². The highest BCUT2D eigenvalue weighted by atomic mass is 16.5. The second-order valence-corrected chi connectivity index (χ2v) is 5.46. The van der Waals surface area contributed by atoms with E-state index < -0.39 is 5.97 Å². The molecule has 1 aliphatic rings. The summed E-state index contributed by atoms with van der Waals surface area (Å²) in [5, 5.41) is 18.5. The molecular weight excluding hydrogens is 308 g/mol. The standard InChI is InChI=1S/C18H18N2O4/c21-17-6-3-14(11-16(17)18(22)23)19-12-13-1-4-15(5-2-13)20-7-9-24-10-8-20/h1-6,11-12,21H,7-10H2,(H,22,23). The van der Waals surface area contributed by atoms with Gasteiger partial charge >= 0.3 is 5.97 Å². The summed E-state index contributed by atoms with van der Waals surface area (Å²) < 4.78 is 5.34. The first kappa shape index (κ1) is 16.0. The van der Waals surface area contributed by atoms with Crippen LogP contribution >= 0.6 is 0 Å². The van der Waals surface area contributed by atoms with Gasteiger partial charge in [0.1, 0.15) is 11.3 Å². The Balaban J connectivity index is 1.72. The molecule has 0 unspecified atom stereocenters. The summed E-state index contributed by atoms with van der Waals surface area (Å²) in [5.74, 6) is -1.45. The van der Waals surface area contributed by atoms with Crippen LogP contribution in [0.15, 0.2) is 47.5 Å². The molecule has 0 atom stereocenters. The lowest BCUT2D eigenvalue weighted by molar-refractivity contribution is 0.0693. The Morgan fingerprint density at radius 2 is 1.83 bits per heavy atom. The van der Waals surface area contributed by atoms with Gasteiger partial charge in [0, 0.05) is 25.0 Å². The van der Waals surface area contributed by atoms with Crippen molar-refractivity contribution in [2.45, 2.75) is 0 Å². The average molecular weight is 326 g/mol. The van der Waals surface area contributed by atoms with Gasteiger partial charge < -0.3 is 19.8 Å². The maximum atomic E-state index is 11.0. The molecule has 1 aliphatic heterocycles. The van der Waals surface area contributed by atoms with E-state index in [2.05, 4.69) is 9.89 Å². The minimum absolute atomic E-state index is 0.160. The van der Waals surface area contributed by atoms with Crippen molar-refractivity contribution in [2.24, 2.45) is 4.99 Å². The van der Waals surface area contributed by atoms with Crippen LogP contribution in [0.4, 0.5) is 11.4 Å². The van der Waals surface area contributed by atoms with Crippen molar-refractivity contribution >= 4 is 23.6 Å². The van der Waals surface area contributed by atoms with Gasteiger partial charge in [-0.3, -0.25) is 4.99 Å². The summed E-state index contributed by atoms with van der Waals surface area (Å²) in [5.41, 5.74) is 2.37. The first-order chi connectivity index (χ1) is 11.6. The molecule has 124 valence electrons. The normalized spacial score (nSPS) is 14.9. The Kier molecular flexibility index (Phi) is 4.77. The van der Waals surface area contributed by atoms with Crippen LogP contribution in [-0.4, -0.2) is 48.7 Å². The van der Waals surface area contributed by atoms with Crippen molar-refractivity contribution in [3.05, 3.63) is 53.6 Å². The third kappa shape index (κ3) is 3.72. The highest BCUT2D eigenvalue weighted by molar-refractivity contribution is 5.92. The number of aliphatic imine (C=N–C) groups is 1. The monoisotopic (exact) mass is 326 g/mol. The maximum Gasteiger partial charge on any atom is 0.339 e. The number of carboxylic acids is 1. The van der Waals surface area contributed by atoms with Gasteiger partial charge in [0.2, 0.25) is 0 Å². The van der Waals surface area contributed by atoms with E-state index >= 15 is 0 Å². The second kappa shape index (κ2) is 7.14. The fourth-order valence-electron chi connectivity index (χ4n) is 2.52. The van der Waals surface area contributed by atoms with E-state index in [1.807, 2.05) is 24.3 Å². The Bertz CT molecular complexity index is 750. The molecule has 2 aromatic rings. The zero-order valence-electron chi connectivity index (χ0n) is 13.1. The number of aromatic carboxylic acids is 1. The summed E-state index contributed by atoms with van der Waals surface area (Å²) in [6, 6.07) is 12.2. The van der Waals surface area contributed by atoms with E-state index in [-0.39, 0.29) is 11.3 Å². The fourth-order valence-corrected chi connectivity index (χ4v) is 2.52. The summed E-state index contributed by atoms with van der Waals surface area (Å²) in [7, 11) is 0. The Labute approximate surface area is 139 Å². The van der Waals surface area contributed by atoms with Crippen molar-refractivity contribution in [1.82, 2.24) is 0 Å². The number of carboxylic acid groups (broad SMARTS) is 1. The number of rotatable bonds is 4. The third-order valence-electron chi connectivity index (χ3n) is 3.84. The molecule has 24 heavy (non-hydrogen) atoms. The third-order valence-corrected chi connectivity index (χ3v) is 3.84. The second-order valence-electron chi connectivity index (χ2n) is 5.46. The number of nitrogens with zero attached hydrogens (tertiary/aromatic N) is 2. The number of hydrogen-bond donors (Lipinski definition) is 2. The fraction of sp³-hybridized carbons (Fsp3) is 0.222. The number of morpholine rings is 1. The van der Waals surface area contributed by atoms with Crippen molar-refractivity contribution < 1.29 is 19.7 Å². The van der Waals surface area contributed by atoms with Gasteiger partial charge in [-0.05, 0) is 35.9 Å². The Hall–Kier alpha value is -2.86. The van der Waals surface area contributed by atoms with Gasteiger partial charge in [-0.1, -0.05) is 12.1 Å². The molecular formula is C18H18N2O4. The molecule has 6 nitrogen and oxygen atoms in total. The smallest absolute Gasteiger partial charge is 0.339 e. The molecule has 2 aromatic carbocycles. The van der Waals surface area contributed by atoms with Crippen LogP contribution in [-0.2, 0) is 4.74 Å². The van der Waals surface area contributed by atoms with Crippen LogP contribution < -0.4 is 4.90 Å². The van der Waals surface area contributed by atoms with E-state index in [0.29, 0.717) is 5.69 Å². The highest BCUT2D eigenvalue weighted by Gasteiger charge is 2.11. The number of carbonyl (C=O) groups is 1. The number of ether oxygens (including phenoxy) is 1. The minimum atomic E-state index is -1.18. The quantitative estimate of drug-likeness (QED) is 0.844. The molecule has 0 aromatic heterocycles. The van der Waals surface area contributed by atoms with Gasteiger partial charge in [-0.25, -0.2) is 4.79 Å². The van der Waals surface area contributed by atoms with E-state index in [9.17, 15) is 9.90 Å². The van der Waals surface area contributed by atoms with E-state index in [1.54, 1.807) is 12.3 Å². The zero-order chi connectivity index (χ0) is 16.9. The van der Waals surface area contributed by atoms with Crippen LogP contribution in [0.25, 0.3) is 0 Å². The molecule has 3 rings (SSSR count). The number of anilines is 1. The molecule has 0 aliphatic carbocycles. The molecule has 1 saturated heterocycles. The van der Waals surface area contributed by atoms with Crippen LogP contribution in [0.3, 0.4) is 0 Å². The van der Waals surface area contributed by atoms with Crippen LogP contribution in [0.1, 0.15) is 15.9 Å². The molecule has 1 heterocycles. The van der Waals surface area contributed by atoms with Gasteiger partial charge in [0.25, 0.3) is 0 Å². The van der Waals surface area contributed by atoms with Crippen LogP contribution in [0.2, 0.25) is 0 Å². The summed E-state index contributed by atoms with van der Waals surface area (Å²) in [4.78, 5) is 17.5. The van der Waals surface area contributed by atoms with Crippen LogP contribution in [0, 0.1) is 0 Å². The van der Waals surface area contributed by atoms with Crippen molar-refractivity contribution in [3.8, 4) is 5.75 Å². The Morgan fingerprint density at radius 1 is 1.12 bits per heavy atom. The number of aromatic hydroxyl groups is 1. The lowest BCUT2D eigenvalue weighted by Crippen LogP contribution is -2.36. The Morgan fingerprint density at radius 3 is 2.50 bits per heavy atom. The summed E-state index contributed by atoms with van der Waals surface area (Å²) in [6.07, 6.45) is 1.67. The van der Waals surface area contributed by atoms with E-state index in [1.165, 1.54) is 12.1 Å². The van der Waals surface area contributed by atoms with E-state index in [0.717, 1.165) is 37.6 Å². The van der Waals surface area contributed by atoms with Gasteiger partial charge in [-0.15, -0.1) is 0 Å². The van der Waals surface area contributed by atoms with Crippen molar-refractivity contribution in [2.75, 3.05) is 31.2 Å². The topological polar surface area (TPSA) is 82.4 Å². The lowest BCUT2D eigenvalue weighted by atomic mass is 10.1. The maximum absolute atomic E-state index is 11.0. The SMILES string of the molecule is O=C(O)c1cc(N=Cc2ccc(N3CCOCC3)cc2)ccc1O. The predicted molar refractivity (Wildman–Crippen MR) is 91.8 cm³/mol. The number of benzene rings is 2. The molecule has 6 heteroatoms. The molecule has 0 bridgehead atoms. The first-order valence-electron chi connectivity index (χ1n) is 7.66. The van der Waals surface area contributed by atoms with Gasteiger partial charge in [0.15, 0.2) is 0 Å². The predicted octanol–water partition coefficient (Wildman–Crippen LogP) is 2.68. The number of hydrogen-bond acceptors (Lipinski definition) is 5. The number of phenols is 1. The average Bonchev–Trinajstić information content (AvgIpc) is 2.62. The molecule has 0 radical (unpaired) electrons. The lowest BCUT2D eigenvalue weighted by Gasteiger charge is -2.28. The van der Waals surface area contributed by atoms with E-state index in [4.69, 9.17) is 9.84 Å².